The van der Waals surface area contributed by atoms with Crippen molar-refractivity contribution in [3.05, 3.63) is 23.3 Å². The first-order valence-electron chi connectivity index (χ1n) is 6.88. The first kappa shape index (κ1) is 15.9. The minimum Gasteiger partial charge on any atom is -0.326 e. The van der Waals surface area contributed by atoms with Crippen LogP contribution in [0.2, 0.25) is 0 Å². The highest BCUT2D eigenvalue weighted by Crippen LogP contribution is 2.25. The van der Waals surface area contributed by atoms with Crippen LogP contribution in [0.5, 0.6) is 0 Å². The predicted octanol–water partition coefficient (Wildman–Crippen LogP) is 0.887. The number of anilines is 1. The lowest BCUT2D eigenvalue weighted by Gasteiger charge is -2.17. The first-order valence-corrected chi connectivity index (χ1v) is 8.43. The van der Waals surface area contributed by atoms with Gasteiger partial charge in [0.25, 0.3) is 0 Å². The van der Waals surface area contributed by atoms with Gasteiger partial charge in [-0.1, -0.05) is 0 Å². The molecule has 2 rings (SSSR count). The van der Waals surface area contributed by atoms with Gasteiger partial charge in [-0.05, 0) is 57.0 Å². The number of nitrogens with one attached hydrogen (secondary N) is 2. The number of sulfonamides is 1. The second kappa shape index (κ2) is 5.75. The molecule has 2 atom stereocenters. The molecule has 0 radical (unpaired) electrons. The predicted molar refractivity (Wildman–Crippen MR) is 81.5 cm³/mol. The molecule has 1 saturated heterocycles. The largest absolute Gasteiger partial charge is 0.326 e. The Morgan fingerprint density at radius 2 is 2.05 bits per heavy atom. The van der Waals surface area contributed by atoms with Gasteiger partial charge >= 0.3 is 0 Å². The minimum atomic E-state index is -3.79. The quantitative estimate of drug-likeness (QED) is 0.771. The standard InChI is InChI=1S/C14H21N3O3S/c1-8-6-11(21(15,19)20)7-13(9(8)2)17-14(18)12-4-5-16-10(12)3/h6-7,10,12,16H,4-5H2,1-3H3,(H,17,18)(H2,15,19,20). The molecule has 1 aliphatic rings. The van der Waals surface area contributed by atoms with Crippen molar-refractivity contribution < 1.29 is 13.2 Å². The molecule has 21 heavy (non-hydrogen) atoms. The second-order valence-electron chi connectivity index (χ2n) is 5.58. The summed E-state index contributed by atoms with van der Waals surface area (Å²) in [6.45, 7) is 6.41. The molecule has 0 aromatic heterocycles. The normalized spacial score (nSPS) is 22.3. The molecule has 7 heteroatoms. The van der Waals surface area contributed by atoms with Gasteiger partial charge in [-0.25, -0.2) is 13.6 Å². The van der Waals surface area contributed by atoms with Gasteiger partial charge in [-0.2, -0.15) is 0 Å². The number of hydrogen-bond donors (Lipinski definition) is 3. The van der Waals surface area contributed by atoms with E-state index in [2.05, 4.69) is 10.6 Å². The van der Waals surface area contributed by atoms with E-state index in [1.807, 2.05) is 13.8 Å². The number of benzene rings is 1. The van der Waals surface area contributed by atoms with Gasteiger partial charge in [0.15, 0.2) is 0 Å². The smallest absolute Gasteiger partial charge is 0.238 e. The molecule has 6 nitrogen and oxygen atoms in total. The third-order valence-corrected chi connectivity index (χ3v) is 4.98. The van der Waals surface area contributed by atoms with Gasteiger partial charge in [0.1, 0.15) is 0 Å². The number of nitrogens with two attached hydrogens (primary N) is 1. The van der Waals surface area contributed by atoms with Crippen molar-refractivity contribution in [2.45, 2.75) is 38.1 Å². The monoisotopic (exact) mass is 311 g/mol. The molecule has 1 aromatic carbocycles. The molecule has 4 N–H and O–H groups in total. The number of carbonyl (C=O) groups is 1. The Balaban J connectivity index is 2.31. The Morgan fingerprint density at radius 1 is 1.38 bits per heavy atom. The van der Waals surface area contributed by atoms with Crippen LogP contribution in [0.1, 0.15) is 24.5 Å². The summed E-state index contributed by atoms with van der Waals surface area (Å²) >= 11 is 0. The van der Waals surface area contributed by atoms with Crippen LogP contribution in [-0.2, 0) is 14.8 Å². The molecule has 116 valence electrons. The molecule has 0 aliphatic carbocycles. The molecular formula is C14H21N3O3S. The lowest BCUT2D eigenvalue weighted by atomic mass is 10.0. The lowest BCUT2D eigenvalue weighted by Crippen LogP contribution is -2.32. The van der Waals surface area contributed by atoms with Gasteiger partial charge in [0.2, 0.25) is 15.9 Å². The average molecular weight is 311 g/mol. The Hall–Kier alpha value is -1.44. The number of amides is 1. The number of rotatable bonds is 3. The van der Waals surface area contributed by atoms with E-state index in [1.165, 1.54) is 12.1 Å². The van der Waals surface area contributed by atoms with Gasteiger partial charge in [-0.3, -0.25) is 4.79 Å². The van der Waals surface area contributed by atoms with Crippen molar-refractivity contribution in [1.82, 2.24) is 5.32 Å². The van der Waals surface area contributed by atoms with E-state index in [0.29, 0.717) is 5.69 Å². The fraction of sp³-hybridized carbons (Fsp3) is 0.500. The number of carbonyl (C=O) groups excluding carboxylic acids is 1. The van der Waals surface area contributed by atoms with Crippen LogP contribution in [0.4, 0.5) is 5.69 Å². The fourth-order valence-electron chi connectivity index (χ4n) is 2.56. The molecule has 1 heterocycles. The maximum Gasteiger partial charge on any atom is 0.238 e. The maximum absolute atomic E-state index is 12.3. The van der Waals surface area contributed by atoms with E-state index in [1.54, 1.807) is 6.92 Å². The summed E-state index contributed by atoms with van der Waals surface area (Å²) in [7, 11) is -3.79. The highest BCUT2D eigenvalue weighted by atomic mass is 32.2. The third-order valence-electron chi connectivity index (χ3n) is 4.09. The highest BCUT2D eigenvalue weighted by Gasteiger charge is 2.29. The molecular weight excluding hydrogens is 290 g/mol. The van der Waals surface area contributed by atoms with Crippen LogP contribution in [0.15, 0.2) is 17.0 Å². The van der Waals surface area contributed by atoms with Crippen LogP contribution in [0, 0.1) is 19.8 Å². The molecule has 0 spiro atoms. The number of primary sulfonamides is 1. The molecule has 1 fully saturated rings. The zero-order valence-corrected chi connectivity index (χ0v) is 13.3. The maximum atomic E-state index is 12.3. The summed E-state index contributed by atoms with van der Waals surface area (Å²) in [5, 5.41) is 11.2. The minimum absolute atomic E-state index is 0.0125. The third kappa shape index (κ3) is 3.42. The first-order chi connectivity index (χ1) is 9.70. The summed E-state index contributed by atoms with van der Waals surface area (Å²) in [6, 6.07) is 3.05. The van der Waals surface area contributed by atoms with Crippen LogP contribution < -0.4 is 15.8 Å². The molecule has 0 saturated carbocycles. The Kier molecular flexibility index (Phi) is 4.36. The zero-order chi connectivity index (χ0) is 15.8. The number of hydrogen-bond acceptors (Lipinski definition) is 4. The molecule has 1 amide bonds. The van der Waals surface area contributed by atoms with Crippen molar-refractivity contribution in [2.24, 2.45) is 11.1 Å². The zero-order valence-electron chi connectivity index (χ0n) is 12.4. The van der Waals surface area contributed by atoms with Gasteiger partial charge in [-0.15, -0.1) is 0 Å². The molecule has 1 aromatic rings. The summed E-state index contributed by atoms with van der Waals surface area (Å²) in [6.07, 6.45) is 0.778. The Labute approximate surface area is 125 Å². The molecule has 1 aliphatic heterocycles. The van der Waals surface area contributed by atoms with E-state index >= 15 is 0 Å². The fourth-order valence-corrected chi connectivity index (χ4v) is 3.19. The molecule has 0 bridgehead atoms. The van der Waals surface area contributed by atoms with Crippen LogP contribution >= 0.6 is 0 Å². The SMILES string of the molecule is Cc1cc(S(N)(=O)=O)cc(NC(=O)C2CCNC2C)c1C. The van der Waals surface area contributed by atoms with Crippen molar-refractivity contribution in [2.75, 3.05) is 11.9 Å². The van der Waals surface area contributed by atoms with E-state index in [4.69, 9.17) is 5.14 Å². The topological polar surface area (TPSA) is 101 Å². The van der Waals surface area contributed by atoms with Gasteiger partial charge in [0, 0.05) is 11.7 Å². The Bertz CT molecular complexity index is 670. The average Bonchev–Trinajstić information content (AvgIpc) is 2.79. The van der Waals surface area contributed by atoms with Crippen LogP contribution in [0.3, 0.4) is 0 Å². The van der Waals surface area contributed by atoms with Gasteiger partial charge in [0.05, 0.1) is 10.8 Å². The second-order valence-corrected chi connectivity index (χ2v) is 7.15. The Morgan fingerprint density at radius 3 is 2.57 bits per heavy atom. The van der Waals surface area contributed by atoms with Crippen LogP contribution in [0.25, 0.3) is 0 Å². The lowest BCUT2D eigenvalue weighted by molar-refractivity contribution is -0.120. The van der Waals surface area contributed by atoms with E-state index in [9.17, 15) is 13.2 Å². The summed E-state index contributed by atoms with van der Waals surface area (Å²) < 4.78 is 23.0. The van der Waals surface area contributed by atoms with Crippen molar-refractivity contribution >= 4 is 21.6 Å². The summed E-state index contributed by atoms with van der Waals surface area (Å²) in [4.78, 5) is 12.3. The van der Waals surface area contributed by atoms with E-state index in [-0.39, 0.29) is 22.8 Å². The van der Waals surface area contributed by atoms with E-state index < -0.39 is 10.0 Å². The summed E-state index contributed by atoms with van der Waals surface area (Å²) in [5.74, 6) is -0.204. The summed E-state index contributed by atoms with van der Waals surface area (Å²) in [5.41, 5.74) is 2.12. The van der Waals surface area contributed by atoms with E-state index in [0.717, 1.165) is 24.1 Å². The van der Waals surface area contributed by atoms with Crippen molar-refractivity contribution in [3.63, 3.8) is 0 Å². The van der Waals surface area contributed by atoms with Crippen LogP contribution in [-0.4, -0.2) is 26.9 Å². The highest BCUT2D eigenvalue weighted by molar-refractivity contribution is 7.89. The van der Waals surface area contributed by atoms with Crippen molar-refractivity contribution in [1.29, 1.82) is 0 Å². The molecule has 2 unspecified atom stereocenters. The van der Waals surface area contributed by atoms with Gasteiger partial charge < -0.3 is 10.6 Å². The van der Waals surface area contributed by atoms with Crippen molar-refractivity contribution in [3.8, 4) is 0 Å². The number of aryl methyl sites for hydroxylation is 1.